The Hall–Kier alpha value is -2.17. The second kappa shape index (κ2) is 4.50. The number of amides is 1. The number of hydrogen-bond donors (Lipinski definition) is 2. The lowest BCUT2D eigenvalue weighted by Crippen LogP contribution is -2.13. The number of aryl methyl sites for hydroxylation is 1. The van der Waals surface area contributed by atoms with E-state index in [-0.39, 0.29) is 17.6 Å². The van der Waals surface area contributed by atoms with Gasteiger partial charge in [0.1, 0.15) is 11.6 Å². The summed E-state index contributed by atoms with van der Waals surface area (Å²) in [6.45, 7) is 2.45. The smallest absolute Gasteiger partial charge is 0.220 e. The van der Waals surface area contributed by atoms with Gasteiger partial charge in [0.05, 0.1) is 5.69 Å². The molecule has 0 radical (unpaired) electrons. The minimum atomic E-state index is -0.288. The number of hydrogen-bond acceptors (Lipinski definition) is 2. The van der Waals surface area contributed by atoms with E-state index in [1.165, 1.54) is 6.07 Å². The summed E-state index contributed by atoms with van der Waals surface area (Å²) in [4.78, 5) is 18.9. The number of imidazole rings is 1. The number of halogens is 1. The van der Waals surface area contributed by atoms with Gasteiger partial charge in [-0.2, -0.15) is 0 Å². The van der Waals surface area contributed by atoms with Crippen LogP contribution in [0.15, 0.2) is 24.3 Å². The summed E-state index contributed by atoms with van der Waals surface area (Å²) < 4.78 is 13.8. The minimum absolute atomic E-state index is 0.0338. The molecule has 98 valence electrons. The molecule has 1 fully saturated rings. The Bertz CT molecular complexity index is 635. The molecule has 2 N–H and O–H groups in total. The third-order valence-electron chi connectivity index (χ3n) is 3.40. The van der Waals surface area contributed by atoms with Crippen molar-refractivity contribution in [2.45, 2.75) is 19.3 Å². The lowest BCUT2D eigenvalue weighted by Gasteiger charge is -2.01. The van der Waals surface area contributed by atoms with Gasteiger partial charge in [-0.15, -0.1) is 0 Å². The standard InChI is InChI=1S/C14H14FN3O/c1-8-13(10-4-2-3-5-11(10)15)18-14(17-8)9-6-12(19)16-7-9/h2-5,9H,6-7H2,1H3,(H,16,19)(H,17,18). The van der Waals surface area contributed by atoms with Crippen LogP contribution in [0.5, 0.6) is 0 Å². The SMILES string of the molecule is Cc1[nH]c(C2CNC(=O)C2)nc1-c1ccccc1F. The Morgan fingerprint density at radius 1 is 1.37 bits per heavy atom. The van der Waals surface area contributed by atoms with Crippen molar-refractivity contribution in [3.8, 4) is 11.3 Å². The highest BCUT2D eigenvalue weighted by atomic mass is 19.1. The first-order chi connectivity index (χ1) is 9.15. The second-order valence-electron chi connectivity index (χ2n) is 4.78. The number of benzene rings is 1. The molecular formula is C14H14FN3O. The molecule has 0 bridgehead atoms. The molecule has 0 saturated carbocycles. The number of rotatable bonds is 2. The molecule has 1 aliphatic rings. The zero-order chi connectivity index (χ0) is 13.4. The molecule has 1 aliphatic heterocycles. The maximum absolute atomic E-state index is 13.8. The van der Waals surface area contributed by atoms with Crippen molar-refractivity contribution >= 4 is 5.91 Å². The molecule has 1 amide bonds. The third kappa shape index (κ3) is 2.12. The summed E-state index contributed by atoms with van der Waals surface area (Å²) in [5, 5.41) is 2.77. The number of nitrogens with zero attached hydrogens (tertiary/aromatic N) is 1. The largest absolute Gasteiger partial charge is 0.355 e. The first kappa shape index (κ1) is 11.9. The third-order valence-corrected chi connectivity index (χ3v) is 3.40. The van der Waals surface area contributed by atoms with Gasteiger partial charge in [-0.25, -0.2) is 9.37 Å². The van der Waals surface area contributed by atoms with Crippen molar-refractivity contribution in [2.75, 3.05) is 6.54 Å². The van der Waals surface area contributed by atoms with E-state index in [1.54, 1.807) is 18.2 Å². The van der Waals surface area contributed by atoms with Crippen LogP contribution in [0.4, 0.5) is 4.39 Å². The molecule has 1 saturated heterocycles. The molecule has 19 heavy (non-hydrogen) atoms. The van der Waals surface area contributed by atoms with Crippen molar-refractivity contribution in [3.63, 3.8) is 0 Å². The average molecular weight is 259 g/mol. The Balaban J connectivity index is 1.98. The van der Waals surface area contributed by atoms with E-state index >= 15 is 0 Å². The van der Waals surface area contributed by atoms with Gasteiger partial charge in [0.2, 0.25) is 5.91 Å². The molecule has 0 spiro atoms. The number of carbonyl (C=O) groups is 1. The Kier molecular flexibility index (Phi) is 2.81. The molecule has 3 rings (SSSR count). The lowest BCUT2D eigenvalue weighted by atomic mass is 10.1. The quantitative estimate of drug-likeness (QED) is 0.868. The van der Waals surface area contributed by atoms with Crippen molar-refractivity contribution in [2.24, 2.45) is 0 Å². The van der Waals surface area contributed by atoms with Gasteiger partial charge >= 0.3 is 0 Å². The van der Waals surface area contributed by atoms with Crippen LogP contribution in [0, 0.1) is 12.7 Å². The van der Waals surface area contributed by atoms with Gasteiger partial charge in [-0.3, -0.25) is 4.79 Å². The van der Waals surface area contributed by atoms with Crippen LogP contribution in [0.25, 0.3) is 11.3 Å². The van der Waals surface area contributed by atoms with E-state index in [9.17, 15) is 9.18 Å². The normalized spacial score (nSPS) is 18.6. The topological polar surface area (TPSA) is 57.8 Å². The van der Waals surface area contributed by atoms with E-state index in [1.807, 2.05) is 6.92 Å². The molecule has 1 aromatic carbocycles. The fourth-order valence-corrected chi connectivity index (χ4v) is 2.39. The van der Waals surface area contributed by atoms with Crippen molar-refractivity contribution < 1.29 is 9.18 Å². The average Bonchev–Trinajstić information content (AvgIpc) is 2.96. The molecule has 2 heterocycles. The Morgan fingerprint density at radius 3 is 2.84 bits per heavy atom. The number of nitrogens with one attached hydrogen (secondary N) is 2. The Morgan fingerprint density at radius 2 is 2.16 bits per heavy atom. The summed E-state index contributed by atoms with van der Waals surface area (Å²) in [7, 11) is 0. The molecule has 2 aromatic rings. The predicted octanol–water partition coefficient (Wildman–Crippen LogP) is 2.13. The van der Waals surface area contributed by atoms with Crippen LogP contribution < -0.4 is 5.32 Å². The van der Waals surface area contributed by atoms with Gasteiger partial charge in [0.25, 0.3) is 0 Å². The number of aromatic nitrogens is 2. The van der Waals surface area contributed by atoms with E-state index in [0.29, 0.717) is 24.2 Å². The highest BCUT2D eigenvalue weighted by Gasteiger charge is 2.26. The predicted molar refractivity (Wildman–Crippen MR) is 69.1 cm³/mol. The molecule has 1 unspecified atom stereocenters. The molecular weight excluding hydrogens is 245 g/mol. The van der Waals surface area contributed by atoms with Gasteiger partial charge in [-0.1, -0.05) is 12.1 Å². The number of aromatic amines is 1. The van der Waals surface area contributed by atoms with Gasteiger partial charge in [-0.05, 0) is 19.1 Å². The molecule has 1 aromatic heterocycles. The zero-order valence-corrected chi connectivity index (χ0v) is 10.5. The van der Waals surface area contributed by atoms with Gasteiger partial charge in [0.15, 0.2) is 0 Å². The lowest BCUT2D eigenvalue weighted by molar-refractivity contribution is -0.119. The van der Waals surface area contributed by atoms with E-state index < -0.39 is 0 Å². The molecule has 5 heteroatoms. The van der Waals surface area contributed by atoms with Crippen LogP contribution in [-0.2, 0) is 4.79 Å². The minimum Gasteiger partial charge on any atom is -0.355 e. The van der Waals surface area contributed by atoms with Crippen LogP contribution in [0.3, 0.4) is 0 Å². The Labute approximate surface area is 110 Å². The first-order valence-electron chi connectivity index (χ1n) is 6.23. The fourth-order valence-electron chi connectivity index (χ4n) is 2.39. The second-order valence-corrected chi connectivity index (χ2v) is 4.78. The monoisotopic (exact) mass is 259 g/mol. The van der Waals surface area contributed by atoms with Gasteiger partial charge in [0, 0.05) is 30.1 Å². The van der Waals surface area contributed by atoms with Crippen LogP contribution in [-0.4, -0.2) is 22.4 Å². The maximum Gasteiger partial charge on any atom is 0.220 e. The van der Waals surface area contributed by atoms with E-state index in [2.05, 4.69) is 15.3 Å². The van der Waals surface area contributed by atoms with Crippen molar-refractivity contribution in [1.82, 2.24) is 15.3 Å². The van der Waals surface area contributed by atoms with Crippen molar-refractivity contribution in [1.29, 1.82) is 0 Å². The summed E-state index contributed by atoms with van der Waals surface area (Å²) in [6, 6.07) is 6.57. The van der Waals surface area contributed by atoms with Crippen LogP contribution in [0.2, 0.25) is 0 Å². The fraction of sp³-hybridized carbons (Fsp3) is 0.286. The summed E-state index contributed by atoms with van der Waals surface area (Å²) in [5.74, 6) is 0.539. The van der Waals surface area contributed by atoms with Crippen LogP contribution in [0.1, 0.15) is 23.9 Å². The number of H-pyrrole nitrogens is 1. The molecule has 0 aliphatic carbocycles. The van der Waals surface area contributed by atoms with Gasteiger partial charge < -0.3 is 10.3 Å². The van der Waals surface area contributed by atoms with E-state index in [0.717, 1.165) is 11.5 Å². The highest BCUT2D eigenvalue weighted by Crippen LogP contribution is 2.28. The van der Waals surface area contributed by atoms with E-state index in [4.69, 9.17) is 0 Å². The first-order valence-corrected chi connectivity index (χ1v) is 6.23. The molecule has 4 nitrogen and oxygen atoms in total. The van der Waals surface area contributed by atoms with Crippen LogP contribution >= 0.6 is 0 Å². The zero-order valence-electron chi connectivity index (χ0n) is 10.5. The molecule has 1 atom stereocenters. The summed E-state index contributed by atoms with van der Waals surface area (Å²) in [6.07, 6.45) is 0.434. The van der Waals surface area contributed by atoms with Crippen molar-refractivity contribution in [3.05, 3.63) is 41.6 Å². The summed E-state index contributed by atoms with van der Waals surface area (Å²) >= 11 is 0. The maximum atomic E-state index is 13.8. The number of carbonyl (C=O) groups excluding carboxylic acids is 1. The highest BCUT2D eigenvalue weighted by molar-refractivity contribution is 5.79. The summed E-state index contributed by atoms with van der Waals surface area (Å²) in [5.41, 5.74) is 1.92.